The quantitative estimate of drug-likeness (QED) is 0.424. The van der Waals surface area contributed by atoms with Crippen molar-refractivity contribution in [1.29, 1.82) is 0 Å². The lowest BCUT2D eigenvalue weighted by Gasteiger charge is -2.17. The van der Waals surface area contributed by atoms with Gasteiger partial charge in [0.15, 0.2) is 6.29 Å². The first kappa shape index (κ1) is 15.0. The Bertz CT molecular complexity index is 364. The minimum atomic E-state index is -0.378. The summed E-state index contributed by atoms with van der Waals surface area (Å²) in [5, 5.41) is 15.6. The Morgan fingerprint density at radius 3 is 2.61 bits per heavy atom. The molecule has 6 nitrogen and oxygen atoms in total. The molecule has 102 valence electrons. The van der Waals surface area contributed by atoms with Gasteiger partial charge in [0.05, 0.1) is 4.92 Å². The summed E-state index contributed by atoms with van der Waals surface area (Å²) in [6, 6.07) is 1.58. The average molecular weight is 274 g/mol. The molecule has 1 rings (SSSR count). The fourth-order valence-corrected chi connectivity index (χ4v) is 2.15. The molecule has 18 heavy (non-hydrogen) atoms. The third-order valence-corrected chi connectivity index (χ3v) is 3.09. The molecule has 0 fully saturated rings. The second-order valence-corrected chi connectivity index (χ2v) is 4.41. The van der Waals surface area contributed by atoms with E-state index in [0.29, 0.717) is 26.3 Å². The van der Waals surface area contributed by atoms with E-state index in [0.717, 1.165) is 16.9 Å². The van der Waals surface area contributed by atoms with E-state index >= 15 is 0 Å². The van der Waals surface area contributed by atoms with E-state index in [1.165, 1.54) is 0 Å². The maximum absolute atomic E-state index is 10.5. The van der Waals surface area contributed by atoms with Crippen LogP contribution in [-0.4, -0.2) is 31.0 Å². The van der Waals surface area contributed by atoms with Gasteiger partial charge in [0.2, 0.25) is 0 Å². The molecular formula is C11H18N2O4S. The Morgan fingerprint density at radius 1 is 1.44 bits per heavy atom. The molecule has 0 unspecified atom stereocenters. The van der Waals surface area contributed by atoms with Crippen molar-refractivity contribution in [2.45, 2.75) is 26.7 Å². The number of ether oxygens (including phenoxy) is 2. The average Bonchev–Trinajstić information content (AvgIpc) is 2.78. The molecule has 0 radical (unpaired) electrons. The zero-order valence-electron chi connectivity index (χ0n) is 10.5. The maximum atomic E-state index is 10.5. The highest BCUT2D eigenvalue weighted by Crippen LogP contribution is 2.22. The molecule has 0 aliphatic carbocycles. The van der Waals surface area contributed by atoms with Crippen LogP contribution in [-0.2, 0) is 16.0 Å². The van der Waals surface area contributed by atoms with Crippen molar-refractivity contribution in [2.75, 3.05) is 19.8 Å². The molecule has 7 heteroatoms. The van der Waals surface area contributed by atoms with Crippen LogP contribution in [0.4, 0.5) is 5.00 Å². The fraction of sp³-hybridized carbons (Fsp3) is 0.636. The van der Waals surface area contributed by atoms with Crippen LogP contribution in [0.5, 0.6) is 0 Å². The highest BCUT2D eigenvalue weighted by Gasteiger charge is 2.10. The summed E-state index contributed by atoms with van der Waals surface area (Å²) in [4.78, 5) is 10.1. The van der Waals surface area contributed by atoms with Gasteiger partial charge in [0.25, 0.3) is 0 Å². The summed E-state index contributed by atoms with van der Waals surface area (Å²) < 4.78 is 10.7. The van der Waals surface area contributed by atoms with E-state index in [2.05, 4.69) is 5.32 Å². The van der Waals surface area contributed by atoms with Gasteiger partial charge in [0.1, 0.15) is 0 Å². The number of rotatable bonds is 9. The molecule has 0 aliphatic rings. The minimum absolute atomic E-state index is 0.165. The minimum Gasteiger partial charge on any atom is -0.352 e. The maximum Gasteiger partial charge on any atom is 0.324 e. The number of hydrogen-bond donors (Lipinski definition) is 1. The molecular weight excluding hydrogens is 256 g/mol. The van der Waals surface area contributed by atoms with Crippen molar-refractivity contribution in [3.8, 4) is 0 Å². The number of nitrogens with one attached hydrogen (secondary N) is 1. The number of thiophene rings is 1. The van der Waals surface area contributed by atoms with Crippen molar-refractivity contribution >= 4 is 16.3 Å². The predicted octanol–water partition coefficient (Wildman–Crippen LogP) is 2.14. The smallest absolute Gasteiger partial charge is 0.324 e. The highest BCUT2D eigenvalue weighted by atomic mass is 32.1. The summed E-state index contributed by atoms with van der Waals surface area (Å²) in [5.74, 6) is 0. The topological polar surface area (TPSA) is 73.6 Å². The number of nitro groups is 1. The van der Waals surface area contributed by atoms with Gasteiger partial charge < -0.3 is 14.8 Å². The molecule has 1 aromatic rings. The normalized spacial score (nSPS) is 11.1. The van der Waals surface area contributed by atoms with Crippen molar-refractivity contribution in [3.63, 3.8) is 0 Å². The first-order chi connectivity index (χ1) is 8.67. The van der Waals surface area contributed by atoms with Crippen molar-refractivity contribution in [2.24, 2.45) is 0 Å². The molecule has 0 atom stereocenters. The second kappa shape index (κ2) is 8.15. The van der Waals surface area contributed by atoms with Crippen molar-refractivity contribution < 1.29 is 14.4 Å². The van der Waals surface area contributed by atoms with Crippen LogP contribution in [0.25, 0.3) is 0 Å². The van der Waals surface area contributed by atoms with Gasteiger partial charge in [-0.05, 0) is 19.4 Å². The van der Waals surface area contributed by atoms with E-state index < -0.39 is 0 Å². The first-order valence-corrected chi connectivity index (χ1v) is 6.71. The molecule has 0 spiro atoms. The lowest BCUT2D eigenvalue weighted by Crippen LogP contribution is -2.31. The lowest BCUT2D eigenvalue weighted by molar-refractivity contribution is -0.380. The Balaban J connectivity index is 2.32. The fourth-order valence-electron chi connectivity index (χ4n) is 1.42. The van der Waals surface area contributed by atoms with Crippen LogP contribution in [0, 0.1) is 10.1 Å². The van der Waals surface area contributed by atoms with Gasteiger partial charge in [-0.1, -0.05) is 11.3 Å². The number of hydrogen-bond acceptors (Lipinski definition) is 6. The van der Waals surface area contributed by atoms with Gasteiger partial charge in [0, 0.05) is 37.7 Å². The molecule has 1 aromatic heterocycles. The molecule has 0 amide bonds. The summed E-state index contributed by atoms with van der Waals surface area (Å²) in [6.07, 6.45) is -0.270. The van der Waals surface area contributed by atoms with Gasteiger partial charge in [-0.25, -0.2) is 0 Å². The van der Waals surface area contributed by atoms with E-state index in [9.17, 15) is 10.1 Å². The van der Waals surface area contributed by atoms with Gasteiger partial charge in [-0.3, -0.25) is 10.1 Å². The molecule has 1 heterocycles. The summed E-state index contributed by atoms with van der Waals surface area (Å²) in [6.45, 7) is 6.14. The molecule has 0 bridgehead atoms. The monoisotopic (exact) mass is 274 g/mol. The first-order valence-electron chi connectivity index (χ1n) is 5.83. The van der Waals surface area contributed by atoms with E-state index in [4.69, 9.17) is 9.47 Å². The Morgan fingerprint density at radius 2 is 2.11 bits per heavy atom. The Hall–Kier alpha value is -1.02. The SMILES string of the molecule is CCOC(CNCc1csc([N+](=O)[O-])c1)OCC. The van der Waals surface area contributed by atoms with Gasteiger partial charge in [-0.2, -0.15) is 0 Å². The lowest BCUT2D eigenvalue weighted by atomic mass is 10.3. The van der Waals surface area contributed by atoms with Crippen molar-refractivity contribution in [3.05, 3.63) is 27.1 Å². The molecule has 1 N–H and O–H groups in total. The summed E-state index contributed by atoms with van der Waals surface area (Å²) in [7, 11) is 0. The predicted molar refractivity (Wildman–Crippen MR) is 69.7 cm³/mol. The Kier molecular flexibility index (Phi) is 6.81. The van der Waals surface area contributed by atoms with Crippen LogP contribution in [0.3, 0.4) is 0 Å². The molecule has 0 aliphatic heterocycles. The second-order valence-electron chi connectivity index (χ2n) is 3.52. The summed E-state index contributed by atoms with van der Waals surface area (Å²) >= 11 is 1.14. The van der Waals surface area contributed by atoms with E-state index in [1.807, 2.05) is 13.8 Å². The van der Waals surface area contributed by atoms with Crippen LogP contribution < -0.4 is 5.32 Å². The van der Waals surface area contributed by atoms with Crippen LogP contribution in [0.15, 0.2) is 11.4 Å². The third kappa shape index (κ3) is 5.09. The zero-order valence-corrected chi connectivity index (χ0v) is 11.4. The van der Waals surface area contributed by atoms with Crippen LogP contribution >= 0.6 is 11.3 Å². The molecule has 0 saturated heterocycles. The molecule has 0 saturated carbocycles. The largest absolute Gasteiger partial charge is 0.352 e. The van der Waals surface area contributed by atoms with Crippen LogP contribution in [0.1, 0.15) is 19.4 Å². The van der Waals surface area contributed by atoms with E-state index in [1.54, 1.807) is 11.4 Å². The molecule has 0 aromatic carbocycles. The van der Waals surface area contributed by atoms with Crippen LogP contribution in [0.2, 0.25) is 0 Å². The van der Waals surface area contributed by atoms with E-state index in [-0.39, 0.29) is 16.2 Å². The van der Waals surface area contributed by atoms with Gasteiger partial charge >= 0.3 is 5.00 Å². The van der Waals surface area contributed by atoms with Gasteiger partial charge in [-0.15, -0.1) is 0 Å². The standard InChI is InChI=1S/C11H18N2O4S/c1-3-16-11(17-4-2)7-12-6-9-5-10(13(14)15)18-8-9/h5,8,11-12H,3-4,6-7H2,1-2H3. The highest BCUT2D eigenvalue weighted by molar-refractivity contribution is 7.13. The zero-order chi connectivity index (χ0) is 13.4. The Labute approximate surface area is 110 Å². The third-order valence-electron chi connectivity index (χ3n) is 2.17. The summed E-state index contributed by atoms with van der Waals surface area (Å²) in [5.41, 5.74) is 0.901. The van der Waals surface area contributed by atoms with Crippen molar-refractivity contribution in [1.82, 2.24) is 5.32 Å². The number of nitrogens with zero attached hydrogens (tertiary/aromatic N) is 1.